The first-order valence-electron chi connectivity index (χ1n) is 14.8. The van der Waals surface area contributed by atoms with E-state index in [0.717, 1.165) is 56.6 Å². The van der Waals surface area contributed by atoms with Crippen molar-refractivity contribution in [3.05, 3.63) is 70.9 Å². The molecule has 8 heteroatoms. The van der Waals surface area contributed by atoms with Crippen molar-refractivity contribution in [1.29, 1.82) is 5.26 Å². The number of nitriles is 1. The van der Waals surface area contributed by atoms with E-state index in [1.165, 1.54) is 22.4 Å². The van der Waals surface area contributed by atoms with Crippen LogP contribution in [0.25, 0.3) is 10.9 Å². The fourth-order valence-corrected chi connectivity index (χ4v) is 6.74. The van der Waals surface area contributed by atoms with E-state index in [1.807, 2.05) is 37.8 Å². The van der Waals surface area contributed by atoms with Crippen LogP contribution in [0, 0.1) is 11.3 Å². The summed E-state index contributed by atoms with van der Waals surface area (Å²) in [5, 5.41) is 10.6. The zero-order chi connectivity index (χ0) is 28.7. The lowest BCUT2D eigenvalue weighted by Crippen LogP contribution is -2.65. The molecular formula is C33H40N6O2. The second-order valence-electron chi connectivity index (χ2n) is 12.8. The van der Waals surface area contributed by atoms with E-state index in [1.54, 1.807) is 6.20 Å². The molecule has 6 rings (SSSR count). The summed E-state index contributed by atoms with van der Waals surface area (Å²) in [6.07, 6.45) is 2.40. The number of carbonyl (C=O) groups excluding carboxylic acids is 1. The summed E-state index contributed by atoms with van der Waals surface area (Å²) in [6, 6.07) is 18.0. The van der Waals surface area contributed by atoms with E-state index in [0.29, 0.717) is 30.7 Å². The Labute approximate surface area is 243 Å². The summed E-state index contributed by atoms with van der Waals surface area (Å²) in [6.45, 7) is 15.3. The molecule has 2 fully saturated rings. The first kappa shape index (κ1) is 27.5. The molecule has 0 N–H and O–H groups in total. The van der Waals surface area contributed by atoms with Crippen LogP contribution < -0.4 is 4.90 Å². The van der Waals surface area contributed by atoms with Crippen LogP contribution in [-0.4, -0.2) is 82.7 Å². The molecule has 0 aliphatic carbocycles. The number of aromatic nitrogens is 1. The van der Waals surface area contributed by atoms with Gasteiger partial charge in [-0.3, -0.25) is 14.8 Å². The summed E-state index contributed by atoms with van der Waals surface area (Å²) < 4.78 is 5.63. The molecule has 0 saturated carbocycles. The Bertz CT molecular complexity index is 1490. The normalized spacial score (nSPS) is 21.7. The minimum atomic E-state index is -0.488. The van der Waals surface area contributed by atoms with E-state index in [9.17, 15) is 10.1 Å². The quantitative estimate of drug-likeness (QED) is 0.462. The number of anilines is 1. The van der Waals surface area contributed by atoms with E-state index >= 15 is 0 Å². The molecule has 2 atom stereocenters. The maximum atomic E-state index is 12.7. The molecule has 0 bridgehead atoms. The van der Waals surface area contributed by atoms with Gasteiger partial charge in [-0.2, -0.15) is 5.26 Å². The Morgan fingerprint density at radius 2 is 1.93 bits per heavy atom. The highest BCUT2D eigenvalue weighted by atomic mass is 16.6. The van der Waals surface area contributed by atoms with Crippen molar-refractivity contribution in [2.75, 3.05) is 44.2 Å². The van der Waals surface area contributed by atoms with Crippen LogP contribution in [0.3, 0.4) is 0 Å². The highest BCUT2D eigenvalue weighted by Gasteiger charge is 2.37. The van der Waals surface area contributed by atoms with E-state index in [4.69, 9.17) is 4.74 Å². The summed E-state index contributed by atoms with van der Waals surface area (Å²) >= 11 is 0. The number of hydrogen-bond acceptors (Lipinski definition) is 7. The molecular weight excluding hydrogens is 512 g/mol. The van der Waals surface area contributed by atoms with Crippen molar-refractivity contribution in [1.82, 2.24) is 19.7 Å². The first-order chi connectivity index (χ1) is 19.7. The smallest absolute Gasteiger partial charge is 0.410 e. The average Bonchev–Trinajstić information content (AvgIpc) is 2.95. The van der Waals surface area contributed by atoms with Gasteiger partial charge >= 0.3 is 6.09 Å². The van der Waals surface area contributed by atoms with Crippen LogP contribution in [0.4, 0.5) is 10.5 Å². The lowest BCUT2D eigenvalue weighted by Gasteiger charge is -2.51. The number of pyridine rings is 1. The molecule has 0 radical (unpaired) electrons. The first-order valence-corrected chi connectivity index (χ1v) is 14.8. The van der Waals surface area contributed by atoms with Crippen LogP contribution in [0.1, 0.15) is 49.9 Å². The predicted octanol–water partition coefficient (Wildman–Crippen LogP) is 4.79. The average molecular weight is 553 g/mol. The Hall–Kier alpha value is -3.67. The van der Waals surface area contributed by atoms with Gasteiger partial charge in [-0.25, -0.2) is 4.79 Å². The summed E-state index contributed by atoms with van der Waals surface area (Å²) in [7, 11) is 0. The largest absolute Gasteiger partial charge is 0.444 e. The van der Waals surface area contributed by atoms with Gasteiger partial charge in [-0.15, -0.1) is 0 Å². The Morgan fingerprint density at radius 1 is 1.07 bits per heavy atom. The molecule has 0 spiro atoms. The highest BCUT2D eigenvalue weighted by molar-refractivity contribution is 5.95. The number of fused-ring (bicyclic) bond motifs is 3. The Morgan fingerprint density at radius 3 is 2.73 bits per heavy atom. The number of carbonyl (C=O) groups is 1. The number of ether oxygens (including phenoxy) is 1. The molecule has 0 unspecified atom stereocenters. The molecule has 2 aromatic carbocycles. The minimum Gasteiger partial charge on any atom is -0.444 e. The van der Waals surface area contributed by atoms with Crippen LogP contribution in [-0.2, 0) is 24.2 Å². The number of benzene rings is 2. The number of rotatable bonds is 3. The van der Waals surface area contributed by atoms with Crippen LogP contribution >= 0.6 is 0 Å². The van der Waals surface area contributed by atoms with E-state index in [2.05, 4.69) is 63.0 Å². The second-order valence-corrected chi connectivity index (χ2v) is 12.8. The summed E-state index contributed by atoms with van der Waals surface area (Å²) in [4.78, 5) is 26.8. The van der Waals surface area contributed by atoms with Gasteiger partial charge in [0.25, 0.3) is 0 Å². The van der Waals surface area contributed by atoms with Gasteiger partial charge < -0.3 is 14.5 Å². The molecule has 3 aliphatic heterocycles. The topological polar surface area (TPSA) is 75.9 Å². The Kier molecular flexibility index (Phi) is 7.35. The van der Waals surface area contributed by atoms with Crippen molar-refractivity contribution >= 4 is 22.7 Å². The van der Waals surface area contributed by atoms with Crippen molar-refractivity contribution < 1.29 is 9.53 Å². The number of piperazine rings is 2. The maximum absolute atomic E-state index is 12.7. The number of hydrogen-bond donors (Lipinski definition) is 0. The maximum Gasteiger partial charge on any atom is 0.410 e. The molecule has 3 aliphatic rings. The van der Waals surface area contributed by atoms with Gasteiger partial charge in [0.05, 0.1) is 11.1 Å². The molecule has 4 heterocycles. The fraction of sp³-hybridized carbons (Fsp3) is 0.485. The molecule has 8 nitrogen and oxygen atoms in total. The third kappa shape index (κ3) is 5.74. The minimum absolute atomic E-state index is 0.230. The molecule has 2 saturated heterocycles. The Balaban J connectivity index is 1.15. The summed E-state index contributed by atoms with van der Waals surface area (Å²) in [5.74, 6) is 0. The van der Waals surface area contributed by atoms with Gasteiger partial charge in [0.2, 0.25) is 0 Å². The van der Waals surface area contributed by atoms with Crippen molar-refractivity contribution in [3.8, 4) is 6.07 Å². The predicted molar refractivity (Wildman–Crippen MR) is 161 cm³/mol. The van der Waals surface area contributed by atoms with Crippen molar-refractivity contribution in [2.45, 2.75) is 64.9 Å². The lowest BCUT2D eigenvalue weighted by molar-refractivity contribution is 0.0223. The van der Waals surface area contributed by atoms with Crippen LogP contribution in [0.15, 0.2) is 48.7 Å². The van der Waals surface area contributed by atoms with Gasteiger partial charge in [0, 0.05) is 81.7 Å². The third-order valence-electron chi connectivity index (χ3n) is 8.64. The number of amides is 1. The number of nitrogens with zero attached hydrogens (tertiary/aromatic N) is 6. The second kappa shape index (κ2) is 11.0. The highest BCUT2D eigenvalue weighted by Crippen LogP contribution is 2.32. The van der Waals surface area contributed by atoms with Gasteiger partial charge in [-0.05, 0) is 75.1 Å². The molecule has 214 valence electrons. The van der Waals surface area contributed by atoms with Gasteiger partial charge in [0.1, 0.15) is 11.7 Å². The molecule has 3 aromatic rings. The molecule has 41 heavy (non-hydrogen) atoms. The third-order valence-corrected chi connectivity index (χ3v) is 8.64. The SMILES string of the molecule is C[C@H]1CN(c2ccc(C#N)c3ncccc23)C[C@@H]2CN(Cc3ccc4c(c3)CN(C(=O)OC(C)(C)C)CC4)CCN21. The molecule has 1 aromatic heterocycles. The standard InChI is InChI=1S/C33H40N6O2/c1-23-18-38(30-10-9-26(17-34)31-29(30)6-5-12-35-31)22-28-21-36(14-15-39(23)28)19-24-7-8-25-11-13-37(20-27(25)16-24)32(40)41-33(2,3)4/h5-10,12,16,23,28H,11,13-15,18-22H2,1-4H3/t23-,28-/m0/s1. The van der Waals surface area contributed by atoms with E-state index < -0.39 is 5.60 Å². The van der Waals surface area contributed by atoms with Crippen molar-refractivity contribution in [3.63, 3.8) is 0 Å². The zero-order valence-electron chi connectivity index (χ0n) is 24.6. The van der Waals surface area contributed by atoms with E-state index in [-0.39, 0.29) is 6.09 Å². The van der Waals surface area contributed by atoms with Crippen LogP contribution in [0.2, 0.25) is 0 Å². The van der Waals surface area contributed by atoms with Gasteiger partial charge in [-0.1, -0.05) is 18.2 Å². The van der Waals surface area contributed by atoms with Gasteiger partial charge in [0.15, 0.2) is 0 Å². The fourth-order valence-electron chi connectivity index (χ4n) is 6.74. The van der Waals surface area contributed by atoms with Crippen LogP contribution in [0.5, 0.6) is 0 Å². The monoisotopic (exact) mass is 552 g/mol. The molecule has 1 amide bonds. The zero-order valence-corrected chi connectivity index (χ0v) is 24.6. The lowest BCUT2D eigenvalue weighted by atomic mass is 9.96. The summed E-state index contributed by atoms with van der Waals surface area (Å²) in [5.41, 5.74) is 5.95. The van der Waals surface area contributed by atoms with Crippen molar-refractivity contribution in [2.24, 2.45) is 0 Å².